The van der Waals surface area contributed by atoms with Gasteiger partial charge in [-0.3, -0.25) is 9.59 Å². The van der Waals surface area contributed by atoms with E-state index < -0.39 is 0 Å². The van der Waals surface area contributed by atoms with E-state index in [9.17, 15) is 9.59 Å². The smallest absolute Gasteiger partial charge is 0.287 e. The lowest BCUT2D eigenvalue weighted by Gasteiger charge is -2.30. The molecule has 1 saturated heterocycles. The highest BCUT2D eigenvalue weighted by Gasteiger charge is 2.31. The van der Waals surface area contributed by atoms with E-state index in [1.54, 1.807) is 0 Å². The Morgan fingerprint density at radius 2 is 1.96 bits per heavy atom. The molecule has 0 aromatic carbocycles. The zero-order valence-electron chi connectivity index (χ0n) is 15.7. The first-order valence-electron chi connectivity index (χ1n) is 9.70. The summed E-state index contributed by atoms with van der Waals surface area (Å²) >= 11 is 0. The van der Waals surface area contributed by atoms with Crippen LogP contribution in [0.4, 0.5) is 0 Å². The minimum atomic E-state index is -0.163. The molecule has 1 N–H and O–H groups in total. The Morgan fingerprint density at radius 3 is 2.64 bits per heavy atom. The van der Waals surface area contributed by atoms with Crippen molar-refractivity contribution in [2.75, 3.05) is 13.1 Å². The van der Waals surface area contributed by atoms with Crippen LogP contribution in [0.2, 0.25) is 0 Å². The van der Waals surface area contributed by atoms with Crippen LogP contribution in [0.5, 0.6) is 0 Å². The second-order valence-electron chi connectivity index (χ2n) is 7.60. The third kappa shape index (κ3) is 3.72. The van der Waals surface area contributed by atoms with Gasteiger partial charge in [0, 0.05) is 25.7 Å². The summed E-state index contributed by atoms with van der Waals surface area (Å²) in [6, 6.07) is 0.103. The Kier molecular flexibility index (Phi) is 5.45. The Bertz CT molecular complexity index is 644. The molecule has 3 heterocycles. The third-order valence-corrected chi connectivity index (χ3v) is 5.58. The number of hydrogen-bond donors (Lipinski definition) is 1. The van der Waals surface area contributed by atoms with Crippen molar-refractivity contribution >= 4 is 11.8 Å². The van der Waals surface area contributed by atoms with Crippen LogP contribution in [0.25, 0.3) is 0 Å². The maximum atomic E-state index is 13.0. The Labute approximate surface area is 150 Å². The molecule has 3 rings (SSSR count). The van der Waals surface area contributed by atoms with Gasteiger partial charge in [-0.25, -0.2) is 4.98 Å². The van der Waals surface area contributed by atoms with Gasteiger partial charge in [0.25, 0.3) is 11.8 Å². The fourth-order valence-corrected chi connectivity index (χ4v) is 3.64. The lowest BCUT2D eigenvalue weighted by atomic mass is 9.98. The molecule has 2 amide bonds. The summed E-state index contributed by atoms with van der Waals surface area (Å²) in [7, 11) is 0. The van der Waals surface area contributed by atoms with Crippen molar-refractivity contribution in [3.63, 3.8) is 0 Å². The topological polar surface area (TPSA) is 67.2 Å². The van der Waals surface area contributed by atoms with Crippen molar-refractivity contribution in [3.05, 3.63) is 17.2 Å². The number of amides is 2. The fraction of sp³-hybridized carbons (Fsp3) is 0.737. The predicted molar refractivity (Wildman–Crippen MR) is 96.7 cm³/mol. The zero-order chi connectivity index (χ0) is 18.0. The number of fused-ring (bicyclic) bond motifs is 1. The van der Waals surface area contributed by atoms with E-state index in [0.29, 0.717) is 17.4 Å². The summed E-state index contributed by atoms with van der Waals surface area (Å²) in [4.78, 5) is 32.1. The molecule has 6 nitrogen and oxygen atoms in total. The summed E-state index contributed by atoms with van der Waals surface area (Å²) < 4.78 is 1.97. The molecular formula is C19H30N4O2. The number of piperidine rings is 1. The molecule has 25 heavy (non-hydrogen) atoms. The van der Waals surface area contributed by atoms with Crippen molar-refractivity contribution in [2.45, 2.75) is 71.9 Å². The highest BCUT2D eigenvalue weighted by molar-refractivity contribution is 5.97. The highest BCUT2D eigenvalue weighted by Crippen LogP contribution is 2.24. The summed E-state index contributed by atoms with van der Waals surface area (Å²) in [5, 5.41) is 2.99. The number of carbonyl (C=O) groups is 2. The van der Waals surface area contributed by atoms with Crippen molar-refractivity contribution in [2.24, 2.45) is 5.92 Å². The quantitative estimate of drug-likeness (QED) is 0.911. The van der Waals surface area contributed by atoms with Crippen LogP contribution in [-0.4, -0.2) is 45.4 Å². The van der Waals surface area contributed by atoms with Gasteiger partial charge < -0.3 is 14.8 Å². The first-order valence-corrected chi connectivity index (χ1v) is 9.70. The zero-order valence-corrected chi connectivity index (χ0v) is 15.7. The summed E-state index contributed by atoms with van der Waals surface area (Å²) in [6.45, 7) is 8.62. The van der Waals surface area contributed by atoms with Crippen LogP contribution in [0.3, 0.4) is 0 Å². The molecule has 138 valence electrons. The van der Waals surface area contributed by atoms with Crippen LogP contribution in [0.1, 0.15) is 79.7 Å². The van der Waals surface area contributed by atoms with Crippen molar-refractivity contribution in [1.82, 2.24) is 19.8 Å². The Hall–Kier alpha value is -1.85. The molecule has 0 bridgehead atoms. The van der Waals surface area contributed by atoms with Gasteiger partial charge in [-0.15, -0.1) is 0 Å². The molecule has 2 aliphatic rings. The van der Waals surface area contributed by atoms with Gasteiger partial charge in [0.2, 0.25) is 0 Å². The minimum Gasteiger partial charge on any atom is -0.347 e. The van der Waals surface area contributed by atoms with Crippen LogP contribution in [0, 0.1) is 5.92 Å². The number of nitrogens with zero attached hydrogens (tertiary/aromatic N) is 3. The fourth-order valence-electron chi connectivity index (χ4n) is 3.64. The molecule has 1 aromatic rings. The molecule has 0 radical (unpaired) electrons. The molecule has 1 unspecified atom stereocenters. The number of rotatable bonds is 4. The van der Waals surface area contributed by atoms with Crippen LogP contribution in [-0.2, 0) is 13.0 Å². The van der Waals surface area contributed by atoms with E-state index >= 15 is 0 Å². The molecule has 0 aliphatic carbocycles. The highest BCUT2D eigenvalue weighted by atomic mass is 16.2. The number of imidazole rings is 1. The average Bonchev–Trinajstić information content (AvgIpc) is 3.01. The first kappa shape index (κ1) is 18.0. The largest absolute Gasteiger partial charge is 0.347 e. The number of carbonyl (C=O) groups excluding carboxylic acids is 2. The van der Waals surface area contributed by atoms with Gasteiger partial charge in [0.1, 0.15) is 5.69 Å². The maximum Gasteiger partial charge on any atom is 0.287 e. The van der Waals surface area contributed by atoms with E-state index in [-0.39, 0.29) is 17.9 Å². The van der Waals surface area contributed by atoms with Crippen molar-refractivity contribution in [3.8, 4) is 0 Å². The van der Waals surface area contributed by atoms with Gasteiger partial charge in [-0.2, -0.15) is 0 Å². The molecule has 6 heteroatoms. The number of nitrogens with one attached hydrogen (secondary N) is 1. The van der Waals surface area contributed by atoms with Gasteiger partial charge in [0.05, 0.1) is 5.69 Å². The van der Waals surface area contributed by atoms with Gasteiger partial charge in [0.15, 0.2) is 5.82 Å². The number of likely N-dealkylation sites (tertiary alicyclic amines) is 1. The molecule has 0 saturated carbocycles. The second kappa shape index (κ2) is 7.58. The summed E-state index contributed by atoms with van der Waals surface area (Å²) in [5.41, 5.74) is 1.45. The van der Waals surface area contributed by atoms with Gasteiger partial charge >= 0.3 is 0 Å². The lowest BCUT2D eigenvalue weighted by Crippen LogP contribution is -2.38. The van der Waals surface area contributed by atoms with Crippen LogP contribution >= 0.6 is 0 Å². The average molecular weight is 346 g/mol. The first-order chi connectivity index (χ1) is 12.0. The van der Waals surface area contributed by atoms with Gasteiger partial charge in [-0.1, -0.05) is 13.8 Å². The number of aromatic nitrogens is 2. The molecule has 0 spiro atoms. The Balaban J connectivity index is 1.87. The van der Waals surface area contributed by atoms with E-state index in [4.69, 9.17) is 0 Å². The maximum absolute atomic E-state index is 13.0. The molecular weight excluding hydrogens is 316 g/mol. The monoisotopic (exact) mass is 346 g/mol. The van der Waals surface area contributed by atoms with E-state index in [2.05, 4.69) is 17.2 Å². The molecule has 1 atom stereocenters. The van der Waals surface area contributed by atoms with Gasteiger partial charge in [-0.05, 0) is 51.4 Å². The van der Waals surface area contributed by atoms with E-state index in [0.717, 1.165) is 63.9 Å². The number of hydrogen-bond acceptors (Lipinski definition) is 3. The molecule has 2 aliphatic heterocycles. The minimum absolute atomic E-state index is 0.000130. The lowest BCUT2D eigenvalue weighted by molar-refractivity contribution is 0.0690. The summed E-state index contributed by atoms with van der Waals surface area (Å²) in [5.74, 6) is 0.921. The van der Waals surface area contributed by atoms with Crippen molar-refractivity contribution < 1.29 is 9.59 Å². The SMILES string of the molecule is CCC(C)NC(=O)c1nc(C(=O)N2CCC(C)CC2)c2n1CCCC2. The van der Waals surface area contributed by atoms with E-state index in [1.807, 2.05) is 23.3 Å². The second-order valence-corrected chi connectivity index (χ2v) is 7.60. The summed E-state index contributed by atoms with van der Waals surface area (Å²) in [6.07, 6.45) is 5.87. The van der Waals surface area contributed by atoms with E-state index in [1.165, 1.54) is 0 Å². The molecule has 1 aromatic heterocycles. The standard InChI is InChI=1S/C19H30N4O2/c1-4-14(3)20-18(24)17-21-16(15-7-5-6-10-23(15)17)19(25)22-11-8-13(2)9-12-22/h13-14H,4-12H2,1-3H3,(H,20,24). The Morgan fingerprint density at radius 1 is 1.24 bits per heavy atom. The van der Waals surface area contributed by atoms with Crippen LogP contribution < -0.4 is 5.32 Å². The van der Waals surface area contributed by atoms with Crippen LogP contribution in [0.15, 0.2) is 0 Å². The third-order valence-electron chi connectivity index (χ3n) is 5.58. The molecule has 1 fully saturated rings. The normalized spacial score (nSPS) is 19.4. The predicted octanol–water partition coefficient (Wildman–Crippen LogP) is 2.62. The van der Waals surface area contributed by atoms with Crippen molar-refractivity contribution in [1.29, 1.82) is 0 Å².